The summed E-state index contributed by atoms with van der Waals surface area (Å²) in [5, 5.41) is 0.569. The van der Waals surface area contributed by atoms with Crippen LogP contribution in [0.5, 0.6) is 0 Å². The molecule has 0 atom stereocenters. The highest BCUT2D eigenvalue weighted by Crippen LogP contribution is 2.29. The van der Waals surface area contributed by atoms with Crippen molar-refractivity contribution in [2.75, 3.05) is 0 Å². The van der Waals surface area contributed by atoms with Gasteiger partial charge in [-0.25, -0.2) is 9.78 Å². The van der Waals surface area contributed by atoms with Gasteiger partial charge in [-0.15, -0.1) is 11.3 Å². The fraction of sp³-hybridized carbons (Fsp3) is 0.632. The first-order valence-corrected chi connectivity index (χ1v) is 10.1. The highest BCUT2D eigenvalue weighted by molar-refractivity contribution is 7.20. The molecule has 136 valence electrons. The van der Waals surface area contributed by atoms with Crippen LogP contribution in [0.15, 0.2) is 11.1 Å². The van der Waals surface area contributed by atoms with Gasteiger partial charge in [-0.3, -0.25) is 9.36 Å². The van der Waals surface area contributed by atoms with Crippen LogP contribution in [0.1, 0.15) is 73.5 Å². The number of nitrogens with zero attached hydrogens (tertiary/aromatic N) is 2. The van der Waals surface area contributed by atoms with Gasteiger partial charge in [-0.2, -0.15) is 0 Å². The standard InChI is InChI=1S/C19H26N2O3S/c1-3-4-8-11-21-12-20-17-15(18(21)22)13(2)16(25-17)19(23)24-14-9-6-5-7-10-14/h12,14H,3-11H2,1-2H3. The van der Waals surface area contributed by atoms with E-state index < -0.39 is 0 Å². The van der Waals surface area contributed by atoms with Gasteiger partial charge in [0.15, 0.2) is 0 Å². The number of ether oxygens (including phenoxy) is 1. The summed E-state index contributed by atoms with van der Waals surface area (Å²) in [5.41, 5.74) is 0.662. The van der Waals surface area contributed by atoms with Crippen LogP contribution >= 0.6 is 11.3 Å². The Morgan fingerprint density at radius 2 is 2.08 bits per heavy atom. The first-order valence-electron chi connectivity index (χ1n) is 9.31. The maximum atomic E-state index is 12.7. The molecule has 0 aromatic carbocycles. The van der Waals surface area contributed by atoms with Gasteiger partial charge >= 0.3 is 5.97 Å². The van der Waals surface area contributed by atoms with Gasteiger partial charge in [0.25, 0.3) is 5.56 Å². The molecule has 0 radical (unpaired) electrons. The number of rotatable bonds is 6. The summed E-state index contributed by atoms with van der Waals surface area (Å²) in [7, 11) is 0. The Morgan fingerprint density at radius 3 is 2.80 bits per heavy atom. The lowest BCUT2D eigenvalue weighted by Crippen LogP contribution is -2.21. The van der Waals surface area contributed by atoms with Crippen molar-refractivity contribution in [2.45, 2.75) is 77.9 Å². The van der Waals surface area contributed by atoms with Gasteiger partial charge in [0.1, 0.15) is 15.8 Å². The van der Waals surface area contributed by atoms with Gasteiger partial charge in [-0.05, 0) is 44.6 Å². The van der Waals surface area contributed by atoms with E-state index in [0.717, 1.165) is 44.9 Å². The summed E-state index contributed by atoms with van der Waals surface area (Å²) in [4.78, 5) is 30.9. The fourth-order valence-electron chi connectivity index (χ4n) is 3.43. The highest BCUT2D eigenvalue weighted by atomic mass is 32.1. The molecule has 6 heteroatoms. The molecule has 3 rings (SSSR count). The van der Waals surface area contributed by atoms with E-state index >= 15 is 0 Å². The molecule has 0 amide bonds. The normalized spacial score (nSPS) is 15.6. The number of unbranched alkanes of at least 4 members (excludes halogenated alkanes) is 2. The average Bonchev–Trinajstić information content (AvgIpc) is 2.95. The third-order valence-corrected chi connectivity index (χ3v) is 6.11. The smallest absolute Gasteiger partial charge is 0.348 e. The van der Waals surface area contributed by atoms with Crippen molar-refractivity contribution in [3.63, 3.8) is 0 Å². The zero-order chi connectivity index (χ0) is 17.8. The minimum Gasteiger partial charge on any atom is -0.458 e. The van der Waals surface area contributed by atoms with Crippen molar-refractivity contribution in [3.8, 4) is 0 Å². The zero-order valence-corrected chi connectivity index (χ0v) is 15.9. The number of carbonyl (C=O) groups excluding carboxylic acids is 1. The lowest BCUT2D eigenvalue weighted by Gasteiger charge is -2.21. The molecule has 0 saturated heterocycles. The first-order chi connectivity index (χ1) is 12.1. The van der Waals surface area contributed by atoms with Crippen LogP contribution in [0, 0.1) is 6.92 Å². The van der Waals surface area contributed by atoms with Crippen molar-refractivity contribution in [3.05, 3.63) is 27.1 Å². The largest absolute Gasteiger partial charge is 0.458 e. The Morgan fingerprint density at radius 1 is 1.32 bits per heavy atom. The van der Waals surface area contributed by atoms with Crippen LogP contribution in [0.25, 0.3) is 10.2 Å². The van der Waals surface area contributed by atoms with Crippen molar-refractivity contribution in [1.29, 1.82) is 0 Å². The van der Waals surface area contributed by atoms with Gasteiger partial charge in [0, 0.05) is 6.54 Å². The fourth-order valence-corrected chi connectivity index (χ4v) is 4.46. The molecular formula is C19H26N2O3S. The molecule has 0 N–H and O–H groups in total. The van der Waals surface area contributed by atoms with E-state index in [0.29, 0.717) is 27.2 Å². The summed E-state index contributed by atoms with van der Waals surface area (Å²) in [6.45, 7) is 4.64. The molecule has 2 heterocycles. The summed E-state index contributed by atoms with van der Waals surface area (Å²) in [6, 6.07) is 0. The zero-order valence-electron chi connectivity index (χ0n) is 15.0. The SMILES string of the molecule is CCCCCn1cnc2sc(C(=O)OC3CCCCC3)c(C)c2c1=O. The first kappa shape index (κ1) is 18.1. The van der Waals surface area contributed by atoms with Crippen LogP contribution < -0.4 is 5.56 Å². The van der Waals surface area contributed by atoms with Gasteiger partial charge < -0.3 is 4.74 Å². The maximum absolute atomic E-state index is 12.7. The summed E-state index contributed by atoms with van der Waals surface area (Å²) >= 11 is 1.27. The predicted molar refractivity (Wildman–Crippen MR) is 100 cm³/mol. The summed E-state index contributed by atoms with van der Waals surface area (Å²) in [5.74, 6) is -0.302. The van der Waals surface area contributed by atoms with Gasteiger partial charge in [-0.1, -0.05) is 26.2 Å². The molecule has 0 unspecified atom stereocenters. The average molecular weight is 362 g/mol. The number of carbonyl (C=O) groups is 1. The molecule has 1 fully saturated rings. The lowest BCUT2D eigenvalue weighted by atomic mass is 9.98. The summed E-state index contributed by atoms with van der Waals surface area (Å²) in [6.07, 6.45) is 10.1. The molecule has 1 saturated carbocycles. The number of aryl methyl sites for hydroxylation is 2. The van der Waals surface area contributed by atoms with Crippen LogP contribution in [-0.2, 0) is 11.3 Å². The lowest BCUT2D eigenvalue weighted by molar-refractivity contribution is 0.0216. The molecule has 0 spiro atoms. The van der Waals surface area contributed by atoms with E-state index in [1.54, 1.807) is 10.9 Å². The van der Waals surface area contributed by atoms with Crippen molar-refractivity contribution in [1.82, 2.24) is 9.55 Å². The van der Waals surface area contributed by atoms with E-state index in [2.05, 4.69) is 11.9 Å². The molecular weight excluding hydrogens is 336 g/mol. The summed E-state index contributed by atoms with van der Waals surface area (Å²) < 4.78 is 7.33. The minimum atomic E-state index is -0.302. The molecule has 1 aliphatic rings. The Labute approximate surface area is 152 Å². The number of aromatic nitrogens is 2. The van der Waals surface area contributed by atoms with Crippen molar-refractivity contribution >= 4 is 27.5 Å². The molecule has 25 heavy (non-hydrogen) atoms. The van der Waals surface area contributed by atoms with Gasteiger partial charge in [0.05, 0.1) is 11.7 Å². The number of esters is 1. The predicted octanol–water partition coefficient (Wildman–Crippen LogP) is 4.45. The molecule has 2 aromatic heterocycles. The third-order valence-electron chi connectivity index (χ3n) is 4.93. The monoisotopic (exact) mass is 362 g/mol. The Kier molecular flexibility index (Phi) is 5.89. The van der Waals surface area contributed by atoms with Gasteiger partial charge in [0.2, 0.25) is 0 Å². The Bertz CT molecular complexity index is 803. The second-order valence-corrected chi connectivity index (χ2v) is 7.85. The highest BCUT2D eigenvalue weighted by Gasteiger charge is 2.24. The Hall–Kier alpha value is -1.69. The van der Waals surface area contributed by atoms with Crippen molar-refractivity contribution in [2.24, 2.45) is 0 Å². The maximum Gasteiger partial charge on any atom is 0.348 e. The minimum absolute atomic E-state index is 0.0181. The molecule has 2 aromatic rings. The number of hydrogen-bond donors (Lipinski definition) is 0. The topological polar surface area (TPSA) is 61.2 Å². The molecule has 1 aliphatic carbocycles. The van der Waals surface area contributed by atoms with E-state index in [-0.39, 0.29) is 17.6 Å². The van der Waals surface area contributed by atoms with E-state index in [1.165, 1.54) is 17.8 Å². The number of hydrogen-bond acceptors (Lipinski definition) is 5. The van der Waals surface area contributed by atoms with Crippen LogP contribution in [0.3, 0.4) is 0 Å². The van der Waals surface area contributed by atoms with E-state index in [1.807, 2.05) is 6.92 Å². The third kappa shape index (κ3) is 3.94. The number of fused-ring (bicyclic) bond motifs is 1. The van der Waals surface area contributed by atoms with Crippen LogP contribution in [0.2, 0.25) is 0 Å². The Balaban J connectivity index is 1.84. The van der Waals surface area contributed by atoms with E-state index in [4.69, 9.17) is 4.74 Å². The van der Waals surface area contributed by atoms with Crippen molar-refractivity contribution < 1.29 is 9.53 Å². The molecule has 0 bridgehead atoms. The van der Waals surface area contributed by atoms with Crippen LogP contribution in [-0.4, -0.2) is 21.6 Å². The number of thiophene rings is 1. The molecule has 5 nitrogen and oxygen atoms in total. The molecule has 0 aliphatic heterocycles. The quantitative estimate of drug-likeness (QED) is 0.563. The van der Waals surface area contributed by atoms with E-state index in [9.17, 15) is 9.59 Å². The second-order valence-electron chi connectivity index (χ2n) is 6.85. The second kappa shape index (κ2) is 8.13. The van der Waals surface area contributed by atoms with Crippen LogP contribution in [0.4, 0.5) is 0 Å².